The smallest absolute Gasteiger partial charge is 0.333 e. The summed E-state index contributed by atoms with van der Waals surface area (Å²) in [5.41, 5.74) is 18.7. The summed E-state index contributed by atoms with van der Waals surface area (Å²) < 4.78 is 22.4. The van der Waals surface area contributed by atoms with Gasteiger partial charge in [-0.2, -0.15) is 0 Å². The van der Waals surface area contributed by atoms with Crippen LogP contribution in [0.2, 0.25) is 0 Å². The second-order valence-corrected chi connectivity index (χ2v) is 17.7. The van der Waals surface area contributed by atoms with E-state index in [0.29, 0.717) is 0 Å². The lowest BCUT2D eigenvalue weighted by Gasteiger charge is -2.42. The van der Waals surface area contributed by atoms with Gasteiger partial charge in [0, 0.05) is 65.7 Å². The van der Waals surface area contributed by atoms with Crippen molar-refractivity contribution in [2.24, 2.45) is 0 Å². The zero-order valence-electron chi connectivity index (χ0n) is 33.0. The van der Waals surface area contributed by atoms with Crippen molar-refractivity contribution in [3.8, 4) is 16.8 Å². The topological polar surface area (TPSA) is 47.6 Å². The molecule has 6 heterocycles. The molecule has 0 bridgehead atoms. The summed E-state index contributed by atoms with van der Waals surface area (Å²) in [4.78, 5) is 2.59. The third-order valence-corrected chi connectivity index (χ3v) is 13.4. The molecule has 6 heteroatoms. The highest BCUT2D eigenvalue weighted by atomic mass is 16.3. The van der Waals surface area contributed by atoms with E-state index in [9.17, 15) is 0 Å². The Labute approximate surface area is 338 Å². The van der Waals surface area contributed by atoms with Crippen LogP contribution in [0, 0.1) is 6.92 Å². The first-order valence-electron chi connectivity index (χ1n) is 20.5. The van der Waals surface area contributed by atoms with Crippen LogP contribution in [0.25, 0.3) is 104 Å². The summed E-state index contributed by atoms with van der Waals surface area (Å²) >= 11 is 0. The van der Waals surface area contributed by atoms with Gasteiger partial charge in [0.2, 0.25) is 0 Å². The first kappa shape index (κ1) is 31.9. The number of hydrogen-bond acceptors (Lipinski definition) is 4. The number of aromatic nitrogens is 1. The van der Waals surface area contributed by atoms with Crippen LogP contribution in [0.4, 0.5) is 11.4 Å². The molecular weight excluding hydrogens is 723 g/mol. The Bertz CT molecular complexity index is 3850. The van der Waals surface area contributed by atoms with Crippen molar-refractivity contribution in [2.45, 2.75) is 33.1 Å². The maximum Gasteiger partial charge on any atom is 0.333 e. The zero-order valence-corrected chi connectivity index (χ0v) is 33.0. The van der Waals surface area contributed by atoms with Crippen molar-refractivity contribution in [1.82, 2.24) is 4.57 Å². The molecule has 4 aromatic heterocycles. The van der Waals surface area contributed by atoms with Gasteiger partial charge in [-0.25, -0.2) is 0 Å². The van der Waals surface area contributed by atoms with E-state index in [0.717, 1.165) is 82.8 Å². The van der Waals surface area contributed by atoms with Crippen molar-refractivity contribution >= 4 is 117 Å². The van der Waals surface area contributed by atoms with Crippen LogP contribution in [0.15, 0.2) is 153 Å². The van der Waals surface area contributed by atoms with Crippen LogP contribution in [0.3, 0.4) is 0 Å². The highest BCUT2D eigenvalue weighted by Crippen LogP contribution is 2.49. The highest BCUT2D eigenvalue weighted by molar-refractivity contribution is 6.94. The molecule has 0 amide bonds. The molecule has 0 aliphatic carbocycles. The van der Waals surface area contributed by atoms with Crippen LogP contribution in [0.1, 0.15) is 31.9 Å². The number of furan rings is 3. The third-order valence-electron chi connectivity index (χ3n) is 13.4. The second kappa shape index (κ2) is 10.7. The van der Waals surface area contributed by atoms with Gasteiger partial charge in [0.1, 0.15) is 33.5 Å². The van der Waals surface area contributed by atoms with Gasteiger partial charge >= 0.3 is 6.85 Å². The first-order chi connectivity index (χ1) is 28.8. The Morgan fingerprint density at radius 1 is 0.492 bits per heavy atom. The summed E-state index contributed by atoms with van der Waals surface area (Å²) in [6.07, 6.45) is 0. The van der Waals surface area contributed by atoms with E-state index >= 15 is 0 Å². The number of para-hydroxylation sites is 3. The number of hydrogen-bond donors (Lipinski definition) is 0. The summed E-state index contributed by atoms with van der Waals surface area (Å²) in [5.74, 6) is 0. The molecule has 278 valence electrons. The SMILES string of the molecule is Cc1cc2c3c4c1c1cc5oc6ccccc6c5cc1n4-c1cc4c(cc1B3N(c1ccc(C(C)(C)C)cc1)c1cc3c(cc1-2)oc1ccccc13)oc1ccccc14. The summed E-state index contributed by atoms with van der Waals surface area (Å²) in [7, 11) is 0. The number of anilines is 2. The number of rotatable bonds is 1. The lowest BCUT2D eigenvalue weighted by molar-refractivity contribution is 0.590. The van der Waals surface area contributed by atoms with Crippen molar-refractivity contribution < 1.29 is 13.3 Å². The molecule has 0 unspecified atom stereocenters. The van der Waals surface area contributed by atoms with Crippen LogP contribution < -0.4 is 15.7 Å². The number of nitrogens with zero attached hydrogens (tertiary/aromatic N) is 2. The molecule has 0 fully saturated rings. The Morgan fingerprint density at radius 3 is 1.68 bits per heavy atom. The van der Waals surface area contributed by atoms with E-state index < -0.39 is 0 Å². The third kappa shape index (κ3) is 4.01. The summed E-state index contributed by atoms with van der Waals surface area (Å²) in [6.45, 7) is 8.95. The normalized spacial score (nSPS) is 13.7. The monoisotopic (exact) mass is 758 g/mol. The average Bonchev–Trinajstić information content (AvgIpc) is 3.99. The molecule has 5 nitrogen and oxygen atoms in total. The van der Waals surface area contributed by atoms with E-state index in [1.807, 2.05) is 6.07 Å². The molecule has 8 aromatic carbocycles. The molecular formula is C53H35BN2O3. The fourth-order valence-electron chi connectivity index (χ4n) is 10.7. The molecule has 2 aliphatic rings. The van der Waals surface area contributed by atoms with Crippen molar-refractivity contribution in [3.05, 3.63) is 151 Å². The second-order valence-electron chi connectivity index (χ2n) is 17.7. The Balaban J connectivity index is 1.19. The van der Waals surface area contributed by atoms with E-state index in [1.165, 1.54) is 55.1 Å². The highest BCUT2D eigenvalue weighted by Gasteiger charge is 2.45. The summed E-state index contributed by atoms with van der Waals surface area (Å²) in [5, 5.41) is 9.16. The predicted molar refractivity (Wildman–Crippen MR) is 245 cm³/mol. The van der Waals surface area contributed by atoms with Gasteiger partial charge < -0.3 is 22.6 Å². The maximum atomic E-state index is 6.71. The Hall–Kier alpha value is -7.18. The molecule has 0 atom stereocenters. The van der Waals surface area contributed by atoms with E-state index in [2.05, 4.69) is 171 Å². The Morgan fingerprint density at radius 2 is 1.05 bits per heavy atom. The van der Waals surface area contributed by atoms with Crippen LogP contribution >= 0.6 is 0 Å². The molecule has 2 aliphatic heterocycles. The fraction of sp³-hybridized carbons (Fsp3) is 0.0943. The molecule has 0 N–H and O–H groups in total. The average molecular weight is 759 g/mol. The van der Waals surface area contributed by atoms with Gasteiger partial charge in [-0.05, 0) is 107 Å². The molecule has 0 saturated carbocycles. The van der Waals surface area contributed by atoms with Gasteiger partial charge in [0.25, 0.3) is 0 Å². The minimum atomic E-state index is -0.162. The number of benzene rings is 8. The van der Waals surface area contributed by atoms with Crippen molar-refractivity contribution in [1.29, 1.82) is 0 Å². The quantitative estimate of drug-likeness (QED) is 0.156. The molecule has 0 radical (unpaired) electrons. The van der Waals surface area contributed by atoms with Gasteiger partial charge in [-0.15, -0.1) is 0 Å². The first-order valence-corrected chi connectivity index (χ1v) is 20.5. The minimum Gasteiger partial charge on any atom is -0.456 e. The molecule has 0 saturated heterocycles. The van der Waals surface area contributed by atoms with Crippen molar-refractivity contribution in [3.63, 3.8) is 0 Å². The molecule has 14 rings (SSSR count). The maximum absolute atomic E-state index is 6.71. The summed E-state index contributed by atoms with van der Waals surface area (Å²) in [6, 6.07) is 50.9. The van der Waals surface area contributed by atoms with E-state index in [1.54, 1.807) is 0 Å². The van der Waals surface area contributed by atoms with Gasteiger partial charge in [0.15, 0.2) is 0 Å². The van der Waals surface area contributed by atoms with E-state index in [4.69, 9.17) is 13.3 Å². The van der Waals surface area contributed by atoms with Gasteiger partial charge in [-0.3, -0.25) is 0 Å². The molecule has 59 heavy (non-hydrogen) atoms. The number of fused-ring (bicyclic) bond motifs is 17. The standard InChI is InChI=1S/C53H35BN2O3/c1-28-21-38-34-25-47-36(32-12-6-9-15-45(32)57-47)23-42(34)56(30-19-17-29(18-20-30)53(2,3)4)54-40-27-49-37(33-13-7-10-16-46(33)59-49)24-43(40)55-41-22-35-31-11-5-8-14-44(31)58-48(35)26-39(41)50(28)52(55)51(38)54/h5-27H,1-4H3. The lowest BCUT2D eigenvalue weighted by atomic mass is 9.44. The fourth-order valence-corrected chi connectivity index (χ4v) is 10.7. The predicted octanol–water partition coefficient (Wildman–Crippen LogP) is 13.3. The minimum absolute atomic E-state index is 0.0201. The van der Waals surface area contributed by atoms with E-state index in [-0.39, 0.29) is 12.3 Å². The van der Waals surface area contributed by atoms with Gasteiger partial charge in [-0.1, -0.05) is 93.6 Å². The van der Waals surface area contributed by atoms with Crippen LogP contribution in [0.5, 0.6) is 0 Å². The Kier molecular flexibility index (Phi) is 5.75. The largest absolute Gasteiger partial charge is 0.456 e. The van der Waals surface area contributed by atoms with Crippen molar-refractivity contribution in [2.75, 3.05) is 4.81 Å². The molecule has 0 spiro atoms. The molecule has 12 aromatic rings. The zero-order chi connectivity index (χ0) is 39.1. The number of aryl methyl sites for hydroxylation is 1. The lowest BCUT2D eigenvalue weighted by Crippen LogP contribution is -2.60. The van der Waals surface area contributed by atoms with Crippen LogP contribution in [-0.2, 0) is 5.41 Å². The van der Waals surface area contributed by atoms with Crippen LogP contribution in [-0.4, -0.2) is 11.4 Å². The van der Waals surface area contributed by atoms with Gasteiger partial charge in [0.05, 0.1) is 11.0 Å².